The van der Waals surface area contributed by atoms with Crippen LogP contribution >= 0.6 is 0 Å². The van der Waals surface area contributed by atoms with Gasteiger partial charge in [0.1, 0.15) is 18.1 Å². The van der Waals surface area contributed by atoms with Crippen LogP contribution < -0.4 is 27.4 Å². The molecule has 1 rings (SSSR count). The Balaban J connectivity index is 3.10. The number of carbonyl (C=O) groups excluding carboxylic acids is 4. The zero-order valence-corrected chi connectivity index (χ0v) is 19.4. The van der Waals surface area contributed by atoms with E-state index in [0.29, 0.717) is 5.56 Å². The Morgan fingerprint density at radius 3 is 1.89 bits per heavy atom. The summed E-state index contributed by atoms with van der Waals surface area (Å²) in [5, 5.41) is 25.2. The van der Waals surface area contributed by atoms with E-state index >= 15 is 0 Å². The number of amides is 4. The number of aliphatic carboxylic acids is 2. The Kier molecular flexibility index (Phi) is 11.3. The third-order valence-electron chi connectivity index (χ3n) is 4.91. The van der Waals surface area contributed by atoms with Gasteiger partial charge < -0.3 is 37.6 Å². The van der Waals surface area contributed by atoms with Gasteiger partial charge in [-0.3, -0.25) is 24.0 Å². The summed E-state index contributed by atoms with van der Waals surface area (Å²) in [7, 11) is 0. The van der Waals surface area contributed by atoms with Gasteiger partial charge in [-0.05, 0) is 11.5 Å². The van der Waals surface area contributed by atoms with E-state index in [1.54, 1.807) is 44.2 Å². The van der Waals surface area contributed by atoms with Crippen molar-refractivity contribution < 1.29 is 39.0 Å². The Morgan fingerprint density at radius 2 is 1.40 bits per heavy atom. The fourth-order valence-electron chi connectivity index (χ4n) is 3.07. The molecule has 0 aromatic heterocycles. The van der Waals surface area contributed by atoms with Gasteiger partial charge >= 0.3 is 11.9 Å². The quantitative estimate of drug-likeness (QED) is 0.153. The van der Waals surface area contributed by atoms with Crippen LogP contribution in [0.5, 0.6) is 0 Å². The standard InChI is InChI=1S/C22H31N5O8/c1-11(2)18(27-19(31)13(23)9-16(24)28)21(33)25-14(8-12-6-4-3-5-7-12)20(32)26-15(22(34)35)10-17(29)30/h3-7,11,13-15,18H,8-10,23H2,1-2H3,(H2,24,28)(H,25,33)(H,26,32)(H,27,31)(H,29,30)(H,34,35). The van der Waals surface area contributed by atoms with Crippen LogP contribution in [0.25, 0.3) is 0 Å². The monoisotopic (exact) mass is 493 g/mol. The minimum Gasteiger partial charge on any atom is -0.481 e. The van der Waals surface area contributed by atoms with E-state index in [-0.39, 0.29) is 6.42 Å². The fraction of sp³-hybridized carbons (Fsp3) is 0.455. The van der Waals surface area contributed by atoms with E-state index in [1.165, 1.54) is 0 Å². The Bertz CT molecular complexity index is 937. The lowest BCUT2D eigenvalue weighted by Crippen LogP contribution is -2.59. The van der Waals surface area contributed by atoms with Gasteiger partial charge in [0.05, 0.1) is 18.9 Å². The summed E-state index contributed by atoms with van der Waals surface area (Å²) in [4.78, 5) is 71.6. The molecular formula is C22H31N5O8. The molecule has 0 spiro atoms. The molecule has 0 aliphatic rings. The Labute approximate surface area is 201 Å². The van der Waals surface area contributed by atoms with Crippen LogP contribution in [0.3, 0.4) is 0 Å². The molecule has 0 saturated carbocycles. The van der Waals surface area contributed by atoms with Gasteiger partial charge in [0.25, 0.3) is 0 Å². The van der Waals surface area contributed by atoms with E-state index in [1.807, 2.05) is 0 Å². The first-order valence-corrected chi connectivity index (χ1v) is 10.7. The van der Waals surface area contributed by atoms with Crippen LogP contribution in [-0.2, 0) is 35.2 Å². The fourth-order valence-corrected chi connectivity index (χ4v) is 3.07. The molecule has 9 N–H and O–H groups in total. The van der Waals surface area contributed by atoms with Gasteiger partial charge in [0.2, 0.25) is 23.6 Å². The van der Waals surface area contributed by atoms with E-state index in [2.05, 4.69) is 16.0 Å². The maximum atomic E-state index is 13.0. The van der Waals surface area contributed by atoms with E-state index in [9.17, 15) is 33.9 Å². The van der Waals surface area contributed by atoms with Crippen molar-refractivity contribution in [1.82, 2.24) is 16.0 Å². The van der Waals surface area contributed by atoms with Crippen molar-refractivity contribution in [3.63, 3.8) is 0 Å². The van der Waals surface area contributed by atoms with E-state index in [0.717, 1.165) is 0 Å². The number of benzene rings is 1. The minimum atomic E-state index is -1.72. The highest BCUT2D eigenvalue weighted by molar-refractivity contribution is 5.95. The second-order valence-electron chi connectivity index (χ2n) is 8.26. The van der Waals surface area contributed by atoms with Crippen LogP contribution in [0.1, 0.15) is 32.3 Å². The highest BCUT2D eigenvalue weighted by atomic mass is 16.4. The van der Waals surface area contributed by atoms with Crippen molar-refractivity contribution in [1.29, 1.82) is 0 Å². The van der Waals surface area contributed by atoms with Crippen molar-refractivity contribution in [3.8, 4) is 0 Å². The molecule has 0 radical (unpaired) electrons. The molecule has 0 bridgehead atoms. The van der Waals surface area contributed by atoms with Crippen molar-refractivity contribution in [2.45, 2.75) is 57.3 Å². The van der Waals surface area contributed by atoms with Crippen molar-refractivity contribution >= 4 is 35.6 Å². The molecular weight excluding hydrogens is 462 g/mol. The molecule has 1 aromatic rings. The smallest absolute Gasteiger partial charge is 0.326 e. The largest absolute Gasteiger partial charge is 0.481 e. The third kappa shape index (κ3) is 10.2. The maximum Gasteiger partial charge on any atom is 0.326 e. The van der Waals surface area contributed by atoms with Gasteiger partial charge in [-0.2, -0.15) is 0 Å². The number of rotatable bonds is 14. The summed E-state index contributed by atoms with van der Waals surface area (Å²) >= 11 is 0. The molecule has 35 heavy (non-hydrogen) atoms. The normalized spacial score (nSPS) is 14.2. The van der Waals surface area contributed by atoms with Gasteiger partial charge in [-0.25, -0.2) is 4.79 Å². The summed E-state index contributed by atoms with van der Waals surface area (Å²) in [6.45, 7) is 3.26. The van der Waals surface area contributed by atoms with Gasteiger partial charge in [-0.1, -0.05) is 44.2 Å². The number of carboxylic acid groups (broad SMARTS) is 2. The van der Waals surface area contributed by atoms with E-state index < -0.39 is 78.5 Å². The number of nitrogens with one attached hydrogen (secondary N) is 3. The lowest BCUT2D eigenvalue weighted by atomic mass is 10.00. The summed E-state index contributed by atoms with van der Waals surface area (Å²) in [5.41, 5.74) is 11.3. The topological polar surface area (TPSA) is 231 Å². The van der Waals surface area contributed by atoms with Crippen LogP contribution in [0.15, 0.2) is 30.3 Å². The first-order valence-electron chi connectivity index (χ1n) is 10.7. The average Bonchev–Trinajstić information content (AvgIpc) is 2.75. The molecule has 13 nitrogen and oxygen atoms in total. The van der Waals surface area contributed by atoms with Gasteiger partial charge in [0.15, 0.2) is 0 Å². The summed E-state index contributed by atoms with van der Waals surface area (Å²) in [6, 6.07) is 3.07. The molecule has 4 unspecified atom stereocenters. The van der Waals surface area contributed by atoms with Crippen LogP contribution in [0.4, 0.5) is 0 Å². The number of hydrogen-bond acceptors (Lipinski definition) is 7. The lowest BCUT2D eigenvalue weighted by Gasteiger charge is -2.27. The minimum absolute atomic E-state index is 0.0439. The van der Waals surface area contributed by atoms with Crippen molar-refractivity contribution in [3.05, 3.63) is 35.9 Å². The summed E-state index contributed by atoms with van der Waals surface area (Å²) in [6.07, 6.45) is -1.34. The number of nitrogens with two attached hydrogens (primary N) is 2. The molecule has 1 aromatic carbocycles. The third-order valence-corrected chi connectivity index (χ3v) is 4.91. The lowest BCUT2D eigenvalue weighted by molar-refractivity contribution is -0.147. The maximum absolute atomic E-state index is 13.0. The van der Waals surface area contributed by atoms with E-state index in [4.69, 9.17) is 16.6 Å². The molecule has 0 saturated heterocycles. The first-order chi connectivity index (χ1) is 16.3. The Morgan fingerprint density at radius 1 is 0.829 bits per heavy atom. The van der Waals surface area contributed by atoms with Crippen molar-refractivity contribution in [2.24, 2.45) is 17.4 Å². The average molecular weight is 494 g/mol. The second-order valence-corrected chi connectivity index (χ2v) is 8.26. The molecule has 0 aliphatic heterocycles. The number of primary amides is 1. The zero-order valence-electron chi connectivity index (χ0n) is 19.4. The molecule has 0 fully saturated rings. The molecule has 0 aliphatic carbocycles. The molecule has 192 valence electrons. The number of carbonyl (C=O) groups is 6. The molecule has 4 amide bonds. The summed E-state index contributed by atoms with van der Waals surface area (Å²) in [5.74, 6) is -6.73. The van der Waals surface area contributed by atoms with Crippen LogP contribution in [0.2, 0.25) is 0 Å². The SMILES string of the molecule is CC(C)C(NC(=O)C(N)CC(N)=O)C(=O)NC(Cc1ccccc1)C(=O)NC(CC(=O)O)C(=O)O. The molecule has 13 heteroatoms. The first kappa shape index (κ1) is 29.0. The Hall–Kier alpha value is -4.00. The predicted octanol–water partition coefficient (Wildman–Crippen LogP) is -1.90. The highest BCUT2D eigenvalue weighted by Gasteiger charge is 2.32. The molecule has 4 atom stereocenters. The second kappa shape index (κ2) is 13.6. The van der Waals surface area contributed by atoms with Crippen LogP contribution in [0, 0.1) is 5.92 Å². The number of carboxylic acids is 2. The highest BCUT2D eigenvalue weighted by Crippen LogP contribution is 2.08. The van der Waals surface area contributed by atoms with Gasteiger partial charge in [0, 0.05) is 6.42 Å². The summed E-state index contributed by atoms with van der Waals surface area (Å²) < 4.78 is 0. The van der Waals surface area contributed by atoms with Gasteiger partial charge in [-0.15, -0.1) is 0 Å². The van der Waals surface area contributed by atoms with Crippen LogP contribution in [-0.4, -0.2) is 69.9 Å². The number of hydrogen-bond donors (Lipinski definition) is 7. The molecule has 0 heterocycles. The predicted molar refractivity (Wildman–Crippen MR) is 122 cm³/mol. The van der Waals surface area contributed by atoms with Crippen molar-refractivity contribution in [2.75, 3.05) is 0 Å². The zero-order chi connectivity index (χ0) is 26.7.